The summed E-state index contributed by atoms with van der Waals surface area (Å²) in [6, 6.07) is 6.31. The van der Waals surface area contributed by atoms with Crippen LogP contribution in [0.4, 0.5) is 9.18 Å². The number of halogens is 1. The standard InChI is InChI=1S/C18H19FN4O2/c1-18(2,3)25-17(24)22-10-14(11-22)23-9-13(8-21-23)15-5-4-12(7-20)6-16(15)19/h4-6,8-9,14H,10-11H2,1-3H3. The molecule has 3 rings (SSSR count). The van der Waals surface area contributed by atoms with Crippen molar-refractivity contribution in [2.45, 2.75) is 32.4 Å². The predicted octanol–water partition coefficient (Wildman–Crippen LogP) is 3.35. The van der Waals surface area contributed by atoms with E-state index in [0.29, 0.717) is 24.2 Å². The number of aromatic nitrogens is 2. The van der Waals surface area contributed by atoms with Gasteiger partial charge in [0.05, 0.1) is 23.9 Å². The van der Waals surface area contributed by atoms with Crippen molar-refractivity contribution in [2.24, 2.45) is 0 Å². The second kappa shape index (κ2) is 6.20. The van der Waals surface area contributed by atoms with E-state index in [0.717, 1.165) is 0 Å². The first-order valence-corrected chi connectivity index (χ1v) is 7.99. The largest absolute Gasteiger partial charge is 0.444 e. The van der Waals surface area contributed by atoms with Gasteiger partial charge in [0.1, 0.15) is 11.4 Å². The lowest BCUT2D eigenvalue weighted by molar-refractivity contribution is -0.000381. The molecule has 0 atom stereocenters. The van der Waals surface area contributed by atoms with Gasteiger partial charge in [-0.2, -0.15) is 10.4 Å². The van der Waals surface area contributed by atoms with Gasteiger partial charge in [-0.05, 0) is 32.9 Å². The van der Waals surface area contributed by atoms with E-state index in [2.05, 4.69) is 5.10 Å². The normalized spacial score (nSPS) is 14.8. The maximum Gasteiger partial charge on any atom is 0.410 e. The Morgan fingerprint density at radius 3 is 2.72 bits per heavy atom. The molecular weight excluding hydrogens is 323 g/mol. The minimum atomic E-state index is -0.520. The molecule has 0 N–H and O–H groups in total. The van der Waals surface area contributed by atoms with E-state index in [4.69, 9.17) is 10.00 Å². The van der Waals surface area contributed by atoms with Crippen LogP contribution in [0.1, 0.15) is 32.4 Å². The Morgan fingerprint density at radius 2 is 2.12 bits per heavy atom. The third-order valence-electron chi connectivity index (χ3n) is 3.90. The summed E-state index contributed by atoms with van der Waals surface area (Å²) in [6.07, 6.45) is 3.00. The van der Waals surface area contributed by atoms with E-state index in [1.165, 1.54) is 6.07 Å². The molecule has 0 bridgehead atoms. The van der Waals surface area contributed by atoms with Gasteiger partial charge in [0.15, 0.2) is 0 Å². The molecule has 0 saturated carbocycles. The van der Waals surface area contributed by atoms with Gasteiger partial charge in [0.2, 0.25) is 0 Å². The summed E-state index contributed by atoms with van der Waals surface area (Å²) in [7, 11) is 0. The fourth-order valence-electron chi connectivity index (χ4n) is 2.59. The minimum absolute atomic E-state index is 0.0442. The number of benzene rings is 1. The zero-order valence-electron chi connectivity index (χ0n) is 14.4. The number of hydrogen-bond acceptors (Lipinski definition) is 4. The number of likely N-dealkylation sites (tertiary alicyclic amines) is 1. The quantitative estimate of drug-likeness (QED) is 0.839. The van der Waals surface area contributed by atoms with Crippen LogP contribution in [0.25, 0.3) is 11.1 Å². The average molecular weight is 342 g/mol. The highest BCUT2D eigenvalue weighted by atomic mass is 19.1. The van der Waals surface area contributed by atoms with E-state index in [1.807, 2.05) is 26.8 Å². The van der Waals surface area contributed by atoms with Crippen molar-refractivity contribution in [3.63, 3.8) is 0 Å². The van der Waals surface area contributed by atoms with Gasteiger partial charge in [-0.25, -0.2) is 9.18 Å². The van der Waals surface area contributed by atoms with E-state index in [-0.39, 0.29) is 17.7 Å². The molecular formula is C18H19FN4O2. The summed E-state index contributed by atoms with van der Waals surface area (Å²) < 4.78 is 21.1. The minimum Gasteiger partial charge on any atom is -0.444 e. The molecule has 1 saturated heterocycles. The number of nitriles is 1. The topological polar surface area (TPSA) is 71.2 Å². The highest BCUT2D eigenvalue weighted by Crippen LogP contribution is 2.27. The van der Waals surface area contributed by atoms with Crippen LogP contribution in [-0.4, -0.2) is 39.5 Å². The monoisotopic (exact) mass is 342 g/mol. The molecule has 2 aromatic rings. The van der Waals surface area contributed by atoms with Crippen LogP contribution < -0.4 is 0 Å². The summed E-state index contributed by atoms with van der Waals surface area (Å²) in [5.41, 5.74) is 0.792. The summed E-state index contributed by atoms with van der Waals surface area (Å²) in [6.45, 7) is 6.49. The zero-order chi connectivity index (χ0) is 18.2. The van der Waals surface area contributed by atoms with Crippen LogP contribution in [-0.2, 0) is 4.74 Å². The van der Waals surface area contributed by atoms with Gasteiger partial charge in [-0.15, -0.1) is 0 Å². The first-order chi connectivity index (χ1) is 11.8. The van der Waals surface area contributed by atoms with E-state index in [1.54, 1.807) is 34.1 Å². The number of amides is 1. The van der Waals surface area contributed by atoms with Crippen LogP contribution in [0, 0.1) is 17.1 Å². The zero-order valence-corrected chi connectivity index (χ0v) is 14.4. The second-order valence-corrected chi connectivity index (χ2v) is 7.05. The number of rotatable bonds is 2. The lowest BCUT2D eigenvalue weighted by atomic mass is 10.1. The highest BCUT2D eigenvalue weighted by molar-refractivity contribution is 5.69. The Morgan fingerprint density at radius 1 is 1.40 bits per heavy atom. The third-order valence-corrected chi connectivity index (χ3v) is 3.90. The van der Waals surface area contributed by atoms with Crippen molar-refractivity contribution in [3.05, 3.63) is 42.0 Å². The van der Waals surface area contributed by atoms with E-state index >= 15 is 0 Å². The SMILES string of the molecule is CC(C)(C)OC(=O)N1CC(n2cc(-c3ccc(C#N)cc3F)cn2)C1. The van der Waals surface area contributed by atoms with Crippen LogP contribution in [0.2, 0.25) is 0 Å². The molecule has 25 heavy (non-hydrogen) atoms. The maximum absolute atomic E-state index is 14.1. The Labute approximate surface area is 145 Å². The van der Waals surface area contributed by atoms with Crippen molar-refractivity contribution < 1.29 is 13.9 Å². The van der Waals surface area contributed by atoms with Crippen molar-refractivity contribution in [2.75, 3.05) is 13.1 Å². The lowest BCUT2D eigenvalue weighted by Gasteiger charge is -2.39. The first kappa shape index (κ1) is 17.0. The molecule has 7 heteroatoms. The Kier molecular flexibility index (Phi) is 4.21. The number of carbonyl (C=O) groups is 1. The fraction of sp³-hybridized carbons (Fsp3) is 0.389. The highest BCUT2D eigenvalue weighted by Gasteiger charge is 2.35. The smallest absolute Gasteiger partial charge is 0.410 e. The molecule has 2 heterocycles. The Bertz CT molecular complexity index is 841. The first-order valence-electron chi connectivity index (χ1n) is 7.99. The molecule has 1 aromatic heterocycles. The van der Waals surface area contributed by atoms with Crippen LogP contribution in [0.15, 0.2) is 30.6 Å². The van der Waals surface area contributed by atoms with Crippen LogP contribution >= 0.6 is 0 Å². The molecule has 130 valence electrons. The number of nitrogens with zero attached hydrogens (tertiary/aromatic N) is 4. The second-order valence-electron chi connectivity index (χ2n) is 7.05. The summed E-state index contributed by atoms with van der Waals surface area (Å²) in [4.78, 5) is 13.6. The molecule has 1 aromatic carbocycles. The molecule has 1 fully saturated rings. The fourth-order valence-corrected chi connectivity index (χ4v) is 2.59. The molecule has 6 nitrogen and oxygen atoms in total. The molecule has 1 amide bonds. The van der Waals surface area contributed by atoms with Gasteiger partial charge < -0.3 is 9.64 Å². The van der Waals surface area contributed by atoms with E-state index < -0.39 is 11.4 Å². The molecule has 0 unspecified atom stereocenters. The van der Waals surface area contributed by atoms with Gasteiger partial charge in [0, 0.05) is 30.4 Å². The molecule has 0 radical (unpaired) electrons. The van der Waals surface area contributed by atoms with Gasteiger partial charge >= 0.3 is 6.09 Å². The predicted molar refractivity (Wildman–Crippen MR) is 89.2 cm³/mol. The van der Waals surface area contributed by atoms with Gasteiger partial charge in [-0.1, -0.05) is 6.07 Å². The van der Waals surface area contributed by atoms with Crippen molar-refractivity contribution in [1.29, 1.82) is 5.26 Å². The van der Waals surface area contributed by atoms with Crippen molar-refractivity contribution in [1.82, 2.24) is 14.7 Å². The van der Waals surface area contributed by atoms with Crippen molar-refractivity contribution in [3.8, 4) is 17.2 Å². The summed E-state index contributed by atoms with van der Waals surface area (Å²) in [5, 5.41) is 13.1. The van der Waals surface area contributed by atoms with Crippen LogP contribution in [0.5, 0.6) is 0 Å². The molecule has 1 aliphatic heterocycles. The van der Waals surface area contributed by atoms with Crippen molar-refractivity contribution >= 4 is 6.09 Å². The Hall–Kier alpha value is -2.88. The van der Waals surface area contributed by atoms with Crippen LogP contribution in [0.3, 0.4) is 0 Å². The number of ether oxygens (including phenoxy) is 1. The number of carbonyl (C=O) groups excluding carboxylic acids is 1. The lowest BCUT2D eigenvalue weighted by Crippen LogP contribution is -2.52. The number of hydrogen-bond donors (Lipinski definition) is 0. The van der Waals surface area contributed by atoms with E-state index in [9.17, 15) is 9.18 Å². The molecule has 1 aliphatic rings. The third kappa shape index (κ3) is 3.63. The molecule has 0 aliphatic carbocycles. The molecule has 0 spiro atoms. The Balaban J connectivity index is 1.66. The average Bonchev–Trinajstić information content (AvgIpc) is 2.92. The maximum atomic E-state index is 14.1. The summed E-state index contributed by atoms with van der Waals surface area (Å²) >= 11 is 0. The van der Waals surface area contributed by atoms with Gasteiger partial charge in [-0.3, -0.25) is 4.68 Å². The summed E-state index contributed by atoms with van der Waals surface area (Å²) in [5.74, 6) is -0.456. The van der Waals surface area contributed by atoms with Gasteiger partial charge in [0.25, 0.3) is 0 Å².